The highest BCUT2D eigenvalue weighted by Crippen LogP contribution is 2.38. The summed E-state index contributed by atoms with van der Waals surface area (Å²) in [5, 5.41) is 4.88. The average Bonchev–Trinajstić information content (AvgIpc) is 2.86. The van der Waals surface area contributed by atoms with Gasteiger partial charge in [-0.15, -0.1) is 0 Å². The Morgan fingerprint density at radius 1 is 1.09 bits per heavy atom. The van der Waals surface area contributed by atoms with E-state index >= 15 is 0 Å². The molecule has 0 fully saturated rings. The van der Waals surface area contributed by atoms with Gasteiger partial charge in [0.05, 0.1) is 31.3 Å². The van der Waals surface area contributed by atoms with Gasteiger partial charge in [-0.2, -0.15) is 9.78 Å². The van der Waals surface area contributed by atoms with Gasteiger partial charge in [0.1, 0.15) is 18.2 Å². The second-order valence-corrected chi connectivity index (χ2v) is 8.49. The molecule has 4 aromatic rings. The molecule has 4 rings (SSSR count). The van der Waals surface area contributed by atoms with Crippen molar-refractivity contribution in [1.29, 1.82) is 0 Å². The minimum absolute atomic E-state index is 0.130. The van der Waals surface area contributed by atoms with E-state index in [1.165, 1.54) is 37.2 Å². The van der Waals surface area contributed by atoms with Gasteiger partial charge in [0.15, 0.2) is 11.5 Å². The smallest absolute Gasteiger partial charge is 0.282 e. The van der Waals surface area contributed by atoms with E-state index in [1.54, 1.807) is 36.4 Å². The van der Waals surface area contributed by atoms with Crippen LogP contribution in [0.2, 0.25) is 0 Å². The summed E-state index contributed by atoms with van der Waals surface area (Å²) in [5.41, 5.74) is 1.64. The highest BCUT2D eigenvalue weighted by molar-refractivity contribution is 9.10. The van der Waals surface area contributed by atoms with Crippen LogP contribution < -0.4 is 19.8 Å². The number of fused-ring (bicyclic) bond motifs is 1. The lowest BCUT2D eigenvalue weighted by Crippen LogP contribution is -2.22. The SMILES string of the molecule is CCc1nc2ccc(Br)cc2c(=O)n1N=Cc1cc(OC)c(OCc2cccc(F)c2)c(OC)c1. The first-order valence-corrected chi connectivity index (χ1v) is 11.6. The van der Waals surface area contributed by atoms with Gasteiger partial charge in [0.2, 0.25) is 5.75 Å². The third-order valence-corrected chi connectivity index (χ3v) is 5.76. The van der Waals surface area contributed by atoms with Crippen LogP contribution in [0.1, 0.15) is 23.9 Å². The molecule has 3 aromatic carbocycles. The molecule has 0 radical (unpaired) electrons. The Labute approximate surface area is 209 Å². The molecular weight excluding hydrogens is 517 g/mol. The molecule has 9 heteroatoms. The molecule has 1 aromatic heterocycles. The van der Waals surface area contributed by atoms with Crippen LogP contribution >= 0.6 is 15.9 Å². The predicted molar refractivity (Wildman–Crippen MR) is 136 cm³/mol. The Balaban J connectivity index is 1.69. The summed E-state index contributed by atoms with van der Waals surface area (Å²) in [7, 11) is 3.02. The lowest BCUT2D eigenvalue weighted by atomic mass is 10.2. The summed E-state index contributed by atoms with van der Waals surface area (Å²) in [6.07, 6.45) is 2.06. The van der Waals surface area contributed by atoms with Crippen molar-refractivity contribution in [2.75, 3.05) is 14.2 Å². The number of hydrogen-bond acceptors (Lipinski definition) is 6. The van der Waals surface area contributed by atoms with E-state index in [-0.39, 0.29) is 18.0 Å². The molecule has 0 saturated heterocycles. The Bertz CT molecular complexity index is 1440. The zero-order chi connectivity index (χ0) is 24.9. The number of nitrogens with zero attached hydrogens (tertiary/aromatic N) is 3. The molecule has 0 saturated carbocycles. The van der Waals surface area contributed by atoms with E-state index in [0.717, 1.165) is 4.47 Å². The maximum atomic E-state index is 13.5. The first-order chi connectivity index (χ1) is 16.9. The van der Waals surface area contributed by atoms with Crippen molar-refractivity contribution in [2.45, 2.75) is 20.0 Å². The number of hydrogen-bond donors (Lipinski definition) is 0. The minimum atomic E-state index is -0.339. The highest BCUT2D eigenvalue weighted by Gasteiger charge is 2.15. The van der Waals surface area contributed by atoms with Crippen LogP contribution in [-0.4, -0.2) is 30.1 Å². The summed E-state index contributed by atoms with van der Waals surface area (Å²) < 4.78 is 32.5. The fourth-order valence-electron chi connectivity index (χ4n) is 3.57. The van der Waals surface area contributed by atoms with Crippen LogP contribution in [0.3, 0.4) is 0 Å². The van der Waals surface area contributed by atoms with Crippen molar-refractivity contribution in [1.82, 2.24) is 9.66 Å². The molecule has 0 aliphatic heterocycles. The largest absolute Gasteiger partial charge is 0.493 e. The standard InChI is InChI=1S/C26H23BrFN3O4/c1-4-24-30-21-9-8-18(27)13-20(21)26(32)31(24)29-14-17-11-22(33-2)25(23(12-17)34-3)35-15-16-6-5-7-19(28)10-16/h5-14H,4,15H2,1-3H3. The molecule has 0 unspecified atom stereocenters. The molecule has 35 heavy (non-hydrogen) atoms. The van der Waals surface area contributed by atoms with Crippen molar-refractivity contribution >= 4 is 33.0 Å². The second kappa shape index (κ2) is 10.7. The van der Waals surface area contributed by atoms with Crippen LogP contribution in [-0.2, 0) is 13.0 Å². The van der Waals surface area contributed by atoms with Crippen molar-refractivity contribution in [2.24, 2.45) is 5.10 Å². The van der Waals surface area contributed by atoms with Crippen LogP contribution in [0.15, 0.2) is 69.0 Å². The minimum Gasteiger partial charge on any atom is -0.493 e. The van der Waals surface area contributed by atoms with Crippen LogP contribution in [0, 0.1) is 5.82 Å². The summed E-state index contributed by atoms with van der Waals surface area (Å²) >= 11 is 3.40. The molecule has 180 valence electrons. The van der Waals surface area contributed by atoms with Crippen LogP contribution in [0.4, 0.5) is 4.39 Å². The number of aromatic nitrogens is 2. The van der Waals surface area contributed by atoms with Crippen LogP contribution in [0.5, 0.6) is 17.2 Å². The normalized spacial score (nSPS) is 11.2. The third-order valence-electron chi connectivity index (χ3n) is 5.27. The van der Waals surface area contributed by atoms with Crippen LogP contribution in [0.25, 0.3) is 10.9 Å². The summed E-state index contributed by atoms with van der Waals surface area (Å²) in [6, 6.07) is 15.0. The zero-order valence-electron chi connectivity index (χ0n) is 19.4. The molecular formula is C26H23BrFN3O4. The Morgan fingerprint density at radius 3 is 2.49 bits per heavy atom. The summed E-state index contributed by atoms with van der Waals surface area (Å²) in [4.78, 5) is 17.7. The van der Waals surface area contributed by atoms with Gasteiger partial charge in [-0.1, -0.05) is 35.0 Å². The Hall–Kier alpha value is -3.72. The molecule has 0 atom stereocenters. The van der Waals surface area contributed by atoms with E-state index in [0.29, 0.717) is 51.5 Å². The molecule has 0 spiro atoms. The Kier molecular flexibility index (Phi) is 7.45. The Morgan fingerprint density at radius 2 is 1.83 bits per heavy atom. The fourth-order valence-corrected chi connectivity index (χ4v) is 3.93. The van der Waals surface area contributed by atoms with Gasteiger partial charge in [0, 0.05) is 16.5 Å². The zero-order valence-corrected chi connectivity index (χ0v) is 21.0. The van der Waals surface area contributed by atoms with E-state index in [1.807, 2.05) is 13.0 Å². The van der Waals surface area contributed by atoms with E-state index in [2.05, 4.69) is 26.0 Å². The number of rotatable bonds is 8. The molecule has 0 amide bonds. The van der Waals surface area contributed by atoms with Gasteiger partial charge in [-0.05, 0) is 48.0 Å². The molecule has 0 bridgehead atoms. The average molecular weight is 540 g/mol. The summed E-state index contributed by atoms with van der Waals surface area (Å²) in [5.74, 6) is 1.39. The second-order valence-electron chi connectivity index (χ2n) is 7.58. The molecule has 0 aliphatic carbocycles. The first kappa shape index (κ1) is 24.4. The predicted octanol–water partition coefficient (Wildman–Crippen LogP) is 5.34. The van der Waals surface area contributed by atoms with Gasteiger partial charge >= 0.3 is 0 Å². The number of benzene rings is 3. The molecule has 1 heterocycles. The maximum absolute atomic E-state index is 13.5. The maximum Gasteiger partial charge on any atom is 0.282 e. The number of methoxy groups -OCH3 is 2. The molecule has 0 aliphatic rings. The van der Waals surface area contributed by atoms with Gasteiger partial charge in [0.25, 0.3) is 5.56 Å². The van der Waals surface area contributed by atoms with Gasteiger partial charge in [-0.3, -0.25) is 4.79 Å². The third kappa shape index (κ3) is 5.35. The number of halogens is 2. The quantitative estimate of drug-likeness (QED) is 0.282. The summed E-state index contributed by atoms with van der Waals surface area (Å²) in [6.45, 7) is 2.04. The van der Waals surface area contributed by atoms with E-state index in [9.17, 15) is 9.18 Å². The van der Waals surface area contributed by atoms with Gasteiger partial charge in [-0.25, -0.2) is 9.37 Å². The van der Waals surface area contributed by atoms with Crippen molar-refractivity contribution < 1.29 is 18.6 Å². The highest BCUT2D eigenvalue weighted by atomic mass is 79.9. The van der Waals surface area contributed by atoms with E-state index in [4.69, 9.17) is 14.2 Å². The molecule has 0 N–H and O–H groups in total. The number of aryl methyl sites for hydroxylation is 1. The number of ether oxygens (including phenoxy) is 3. The van der Waals surface area contributed by atoms with Crippen molar-refractivity contribution in [3.63, 3.8) is 0 Å². The lowest BCUT2D eigenvalue weighted by molar-refractivity contribution is 0.265. The first-order valence-electron chi connectivity index (χ1n) is 10.8. The van der Waals surface area contributed by atoms with Crippen molar-refractivity contribution in [3.8, 4) is 17.2 Å². The monoisotopic (exact) mass is 539 g/mol. The topological polar surface area (TPSA) is 74.9 Å². The fraction of sp³-hybridized carbons (Fsp3) is 0.192. The molecule has 7 nitrogen and oxygen atoms in total. The van der Waals surface area contributed by atoms with E-state index < -0.39 is 0 Å². The van der Waals surface area contributed by atoms with Crippen molar-refractivity contribution in [3.05, 3.63) is 92.2 Å². The van der Waals surface area contributed by atoms with Gasteiger partial charge < -0.3 is 14.2 Å². The lowest BCUT2D eigenvalue weighted by Gasteiger charge is -2.15.